The van der Waals surface area contributed by atoms with E-state index >= 15 is 0 Å². The molecule has 2 atom stereocenters. The molecule has 3 heteroatoms. The van der Waals surface area contributed by atoms with Crippen LogP contribution in [0.3, 0.4) is 0 Å². The first-order chi connectivity index (χ1) is 4.70. The lowest BCUT2D eigenvalue weighted by atomic mass is 10.3. The smallest absolute Gasteiger partial charge is 0.191 e. The first-order valence-electron chi connectivity index (χ1n) is 3.01. The van der Waals surface area contributed by atoms with Gasteiger partial charge in [-0.15, -0.1) is 0 Å². The Balaban J connectivity index is 2.51. The highest BCUT2D eigenvalue weighted by atomic mass is 16.8. The van der Waals surface area contributed by atoms with E-state index in [9.17, 15) is 0 Å². The van der Waals surface area contributed by atoms with Gasteiger partial charge in [-0.05, 0) is 12.2 Å². The minimum absolute atomic E-state index is 0.322. The largest absolute Gasteiger partial charge is 0.352 e. The zero-order valence-electron chi connectivity index (χ0n) is 6.16. The molecule has 0 aromatic heterocycles. The normalized spacial score (nSPS) is 38.9. The predicted molar refractivity (Wildman–Crippen MR) is 36.1 cm³/mol. The number of methoxy groups -OCH3 is 2. The van der Waals surface area contributed by atoms with Gasteiger partial charge in [0, 0.05) is 21.1 Å². The van der Waals surface area contributed by atoms with Crippen molar-refractivity contribution >= 4 is 0 Å². The summed E-state index contributed by atoms with van der Waals surface area (Å²) < 4.78 is 15.0. The highest BCUT2D eigenvalue weighted by Gasteiger charge is 2.30. The van der Waals surface area contributed by atoms with Crippen molar-refractivity contribution in [3.63, 3.8) is 0 Å². The van der Waals surface area contributed by atoms with Gasteiger partial charge in [0.25, 0.3) is 0 Å². The Kier molecular flexibility index (Phi) is 2.08. The molecule has 0 saturated carbocycles. The highest BCUT2D eigenvalue weighted by molar-refractivity contribution is 5.06. The molecule has 0 spiro atoms. The summed E-state index contributed by atoms with van der Waals surface area (Å²) in [5, 5.41) is 0. The van der Waals surface area contributed by atoms with Gasteiger partial charge < -0.3 is 14.2 Å². The third-order valence-corrected chi connectivity index (χ3v) is 1.40. The molecule has 3 nitrogen and oxygen atoms in total. The van der Waals surface area contributed by atoms with Crippen LogP contribution in [0.15, 0.2) is 12.2 Å². The average molecular weight is 143 g/mol. The molecule has 0 amide bonds. The Morgan fingerprint density at radius 3 is 2.60 bits per heavy atom. The molecule has 1 rings (SSSR count). The zero-order chi connectivity index (χ0) is 7.61. The number of rotatable bonds is 2. The minimum Gasteiger partial charge on any atom is -0.352 e. The summed E-state index contributed by atoms with van der Waals surface area (Å²) in [6.45, 7) is 3.67. The average Bonchev–Trinajstić information content (AvgIpc) is 2.33. The van der Waals surface area contributed by atoms with Gasteiger partial charge >= 0.3 is 0 Å². The molecule has 0 aliphatic carbocycles. The van der Waals surface area contributed by atoms with E-state index in [0.29, 0.717) is 0 Å². The second-order valence-corrected chi connectivity index (χ2v) is 2.10. The molecule has 0 aromatic carbocycles. The molecule has 57 valence electrons. The first-order valence-corrected chi connectivity index (χ1v) is 3.01. The maximum atomic E-state index is 5.18. The van der Waals surface area contributed by atoms with Crippen LogP contribution in [0, 0.1) is 6.92 Å². The maximum Gasteiger partial charge on any atom is 0.191 e. The third kappa shape index (κ3) is 1.37. The molecule has 2 unspecified atom stereocenters. The zero-order valence-corrected chi connectivity index (χ0v) is 6.16. The second kappa shape index (κ2) is 2.70. The van der Waals surface area contributed by atoms with E-state index in [4.69, 9.17) is 14.2 Å². The molecule has 1 heterocycles. The Morgan fingerprint density at radius 1 is 1.60 bits per heavy atom. The summed E-state index contributed by atoms with van der Waals surface area (Å²) in [7, 11) is 3.10. The van der Waals surface area contributed by atoms with Gasteiger partial charge in [-0.3, -0.25) is 0 Å². The highest BCUT2D eigenvalue weighted by Crippen LogP contribution is 2.22. The van der Waals surface area contributed by atoms with E-state index in [1.165, 1.54) is 7.11 Å². The van der Waals surface area contributed by atoms with Crippen molar-refractivity contribution in [3.8, 4) is 0 Å². The molecule has 0 aromatic rings. The van der Waals surface area contributed by atoms with Crippen molar-refractivity contribution in [1.82, 2.24) is 0 Å². The fraction of sp³-hybridized carbons (Fsp3) is 0.571. The van der Waals surface area contributed by atoms with Crippen LogP contribution < -0.4 is 0 Å². The fourth-order valence-electron chi connectivity index (χ4n) is 0.743. The first kappa shape index (κ1) is 7.72. The molecule has 0 N–H and O–H groups in total. The van der Waals surface area contributed by atoms with Crippen LogP contribution in [0.1, 0.15) is 0 Å². The van der Waals surface area contributed by atoms with E-state index < -0.39 is 5.79 Å². The Labute approximate surface area is 60.6 Å². The quantitative estimate of drug-likeness (QED) is 0.533. The topological polar surface area (TPSA) is 27.7 Å². The van der Waals surface area contributed by atoms with Gasteiger partial charge in [0.15, 0.2) is 12.1 Å². The van der Waals surface area contributed by atoms with Crippen molar-refractivity contribution in [2.75, 3.05) is 14.2 Å². The Morgan fingerprint density at radius 2 is 2.30 bits per heavy atom. The number of hydrogen-bond donors (Lipinski definition) is 0. The second-order valence-electron chi connectivity index (χ2n) is 2.10. The van der Waals surface area contributed by atoms with Crippen LogP contribution in [0.2, 0.25) is 0 Å². The Bertz CT molecular complexity index is 144. The van der Waals surface area contributed by atoms with Gasteiger partial charge in [0.2, 0.25) is 0 Å². The van der Waals surface area contributed by atoms with Crippen LogP contribution in [0.25, 0.3) is 0 Å². The van der Waals surface area contributed by atoms with Gasteiger partial charge in [0.05, 0.1) is 0 Å². The summed E-state index contributed by atoms with van der Waals surface area (Å²) in [4.78, 5) is 0. The molecule has 1 aliphatic rings. The standard InChI is InChI=1S/C7H11O3/c1-7(9-3)5-4-6(8-2)10-7/h4-6H,1H2,2-3H3. The molecule has 10 heavy (non-hydrogen) atoms. The Hall–Kier alpha value is -0.380. The molecular weight excluding hydrogens is 132 g/mol. The number of hydrogen-bond acceptors (Lipinski definition) is 3. The van der Waals surface area contributed by atoms with Gasteiger partial charge in [-0.1, -0.05) is 0 Å². The van der Waals surface area contributed by atoms with Crippen LogP contribution in [-0.2, 0) is 14.2 Å². The van der Waals surface area contributed by atoms with Crippen molar-refractivity contribution in [3.05, 3.63) is 19.1 Å². The van der Waals surface area contributed by atoms with Crippen molar-refractivity contribution in [1.29, 1.82) is 0 Å². The molecule has 0 saturated heterocycles. The summed E-state index contributed by atoms with van der Waals surface area (Å²) in [5.74, 6) is -0.847. The van der Waals surface area contributed by atoms with E-state index in [2.05, 4.69) is 6.92 Å². The van der Waals surface area contributed by atoms with E-state index in [1.807, 2.05) is 0 Å². The molecular formula is C7H11O3. The van der Waals surface area contributed by atoms with Gasteiger partial charge in [0.1, 0.15) is 0 Å². The summed E-state index contributed by atoms with van der Waals surface area (Å²) in [6, 6.07) is 0. The van der Waals surface area contributed by atoms with E-state index in [1.54, 1.807) is 19.3 Å². The lowest BCUT2D eigenvalue weighted by Gasteiger charge is -2.21. The molecule has 1 aliphatic heterocycles. The third-order valence-electron chi connectivity index (χ3n) is 1.40. The molecule has 0 fully saturated rings. The summed E-state index contributed by atoms with van der Waals surface area (Å²) in [6.07, 6.45) is 3.16. The van der Waals surface area contributed by atoms with Crippen molar-refractivity contribution in [2.24, 2.45) is 0 Å². The van der Waals surface area contributed by atoms with Crippen LogP contribution in [0.5, 0.6) is 0 Å². The predicted octanol–water partition coefficient (Wildman–Crippen LogP) is 0.722. The SMILES string of the molecule is [CH2]C1(OC)C=CC(OC)O1. The van der Waals surface area contributed by atoms with E-state index in [0.717, 1.165) is 0 Å². The summed E-state index contributed by atoms with van der Waals surface area (Å²) in [5.41, 5.74) is 0. The van der Waals surface area contributed by atoms with E-state index in [-0.39, 0.29) is 6.29 Å². The van der Waals surface area contributed by atoms with Crippen LogP contribution in [0.4, 0.5) is 0 Å². The minimum atomic E-state index is -0.847. The maximum absolute atomic E-state index is 5.18. The number of ether oxygens (including phenoxy) is 3. The van der Waals surface area contributed by atoms with Gasteiger partial charge in [-0.25, -0.2) is 0 Å². The lowest BCUT2D eigenvalue weighted by molar-refractivity contribution is -0.218. The fourth-order valence-corrected chi connectivity index (χ4v) is 0.743. The van der Waals surface area contributed by atoms with Crippen LogP contribution >= 0.6 is 0 Å². The molecule has 0 bridgehead atoms. The van der Waals surface area contributed by atoms with Gasteiger partial charge in [-0.2, -0.15) is 0 Å². The van der Waals surface area contributed by atoms with Crippen LogP contribution in [-0.4, -0.2) is 26.3 Å². The van der Waals surface area contributed by atoms with Crippen molar-refractivity contribution < 1.29 is 14.2 Å². The monoisotopic (exact) mass is 143 g/mol. The summed E-state index contributed by atoms with van der Waals surface area (Å²) >= 11 is 0. The lowest BCUT2D eigenvalue weighted by Crippen LogP contribution is -2.28. The molecule has 1 radical (unpaired) electrons. The van der Waals surface area contributed by atoms with Crippen molar-refractivity contribution in [2.45, 2.75) is 12.1 Å².